The highest BCUT2D eigenvalue weighted by molar-refractivity contribution is 6.05. The van der Waals surface area contributed by atoms with Gasteiger partial charge in [0.1, 0.15) is 0 Å². The van der Waals surface area contributed by atoms with Gasteiger partial charge in [-0.1, -0.05) is 48.5 Å². The second kappa shape index (κ2) is 7.39. The molecule has 0 spiro atoms. The summed E-state index contributed by atoms with van der Waals surface area (Å²) in [4.78, 5) is 35.8. The lowest BCUT2D eigenvalue weighted by Gasteiger charge is -2.08. The number of fused-ring (bicyclic) bond motifs is 1. The molecule has 2 amide bonds. The first-order valence-electron chi connectivity index (χ1n) is 7.75. The number of rotatable bonds is 4. The summed E-state index contributed by atoms with van der Waals surface area (Å²) in [6.45, 7) is 0. The second-order valence-corrected chi connectivity index (χ2v) is 5.43. The average Bonchev–Trinajstić information content (AvgIpc) is 2.66. The van der Waals surface area contributed by atoms with Gasteiger partial charge in [-0.15, -0.1) is 0 Å². The predicted octanol–water partition coefficient (Wildman–Crippen LogP) is 1.32. The summed E-state index contributed by atoms with van der Waals surface area (Å²) < 4.78 is 0. The van der Waals surface area contributed by atoms with Gasteiger partial charge in [-0.3, -0.25) is 25.2 Å². The number of carbonyl (C=O) groups excluding carboxylic acids is 2. The van der Waals surface area contributed by atoms with Gasteiger partial charge in [-0.25, -0.2) is 5.10 Å². The molecule has 0 aliphatic heterocycles. The summed E-state index contributed by atoms with van der Waals surface area (Å²) in [7, 11) is 0. The van der Waals surface area contributed by atoms with Gasteiger partial charge in [0.05, 0.1) is 5.39 Å². The Morgan fingerprint density at radius 3 is 2.36 bits per heavy atom. The number of hydrogen-bond acceptors (Lipinski definition) is 4. The first-order chi connectivity index (χ1) is 12.1. The standard InChI is InChI=1S/C18H16N4O3/c23-15(11-10-12-6-2-1-3-7-12)19-22-18(25)16-13-8-4-5-9-14(13)17(24)21-20-16/h1-9H,10-11H2,(H,19,23)(H,21,24)(H,22,25). The van der Waals surface area contributed by atoms with Gasteiger partial charge in [0, 0.05) is 11.8 Å². The Morgan fingerprint density at radius 1 is 0.920 bits per heavy atom. The van der Waals surface area contributed by atoms with E-state index in [-0.39, 0.29) is 23.6 Å². The number of nitrogens with zero attached hydrogens (tertiary/aromatic N) is 1. The summed E-state index contributed by atoms with van der Waals surface area (Å²) in [5.74, 6) is -0.911. The first kappa shape index (κ1) is 16.4. The van der Waals surface area contributed by atoms with Crippen LogP contribution < -0.4 is 16.4 Å². The molecule has 0 radical (unpaired) electrons. The zero-order chi connectivity index (χ0) is 17.6. The third-order valence-corrected chi connectivity index (χ3v) is 3.71. The van der Waals surface area contributed by atoms with E-state index in [2.05, 4.69) is 21.0 Å². The predicted molar refractivity (Wildman–Crippen MR) is 92.7 cm³/mol. The van der Waals surface area contributed by atoms with Gasteiger partial charge in [0.2, 0.25) is 5.91 Å². The largest absolute Gasteiger partial charge is 0.290 e. The minimum Gasteiger partial charge on any atom is -0.273 e. The van der Waals surface area contributed by atoms with E-state index >= 15 is 0 Å². The van der Waals surface area contributed by atoms with Crippen molar-refractivity contribution in [2.24, 2.45) is 0 Å². The van der Waals surface area contributed by atoms with Crippen LogP contribution >= 0.6 is 0 Å². The number of aromatic amines is 1. The van der Waals surface area contributed by atoms with Crippen molar-refractivity contribution < 1.29 is 9.59 Å². The number of nitrogens with one attached hydrogen (secondary N) is 3. The van der Waals surface area contributed by atoms with Gasteiger partial charge in [0.25, 0.3) is 11.5 Å². The molecular formula is C18H16N4O3. The van der Waals surface area contributed by atoms with E-state index in [1.807, 2.05) is 30.3 Å². The maximum absolute atomic E-state index is 12.2. The molecule has 0 bridgehead atoms. The lowest BCUT2D eigenvalue weighted by molar-refractivity contribution is -0.121. The quantitative estimate of drug-likeness (QED) is 0.625. The monoisotopic (exact) mass is 336 g/mol. The molecule has 3 N–H and O–H groups in total. The lowest BCUT2D eigenvalue weighted by Crippen LogP contribution is -2.42. The zero-order valence-electron chi connectivity index (χ0n) is 13.3. The van der Waals surface area contributed by atoms with Crippen molar-refractivity contribution in [3.63, 3.8) is 0 Å². The molecule has 1 heterocycles. The van der Waals surface area contributed by atoms with Crippen LogP contribution in [0.4, 0.5) is 0 Å². The van der Waals surface area contributed by atoms with Crippen molar-refractivity contribution in [2.75, 3.05) is 0 Å². The van der Waals surface area contributed by atoms with Gasteiger partial charge < -0.3 is 0 Å². The maximum Gasteiger partial charge on any atom is 0.290 e. The molecule has 25 heavy (non-hydrogen) atoms. The van der Waals surface area contributed by atoms with Crippen molar-refractivity contribution in [2.45, 2.75) is 12.8 Å². The molecule has 126 valence electrons. The molecule has 7 nitrogen and oxygen atoms in total. The van der Waals surface area contributed by atoms with Gasteiger partial charge >= 0.3 is 0 Å². The third kappa shape index (κ3) is 3.89. The average molecular weight is 336 g/mol. The van der Waals surface area contributed by atoms with Crippen LogP contribution in [0.25, 0.3) is 10.8 Å². The number of aromatic nitrogens is 2. The van der Waals surface area contributed by atoms with Crippen LogP contribution in [0, 0.1) is 0 Å². The molecule has 3 aromatic rings. The van der Waals surface area contributed by atoms with E-state index in [1.165, 1.54) is 0 Å². The highest BCUT2D eigenvalue weighted by atomic mass is 16.2. The molecule has 1 aromatic heterocycles. The van der Waals surface area contributed by atoms with Crippen molar-refractivity contribution in [1.29, 1.82) is 0 Å². The molecule has 0 unspecified atom stereocenters. The van der Waals surface area contributed by atoms with Crippen LogP contribution in [0.5, 0.6) is 0 Å². The van der Waals surface area contributed by atoms with Gasteiger partial charge in [-0.2, -0.15) is 5.10 Å². The van der Waals surface area contributed by atoms with Crippen molar-refractivity contribution in [3.05, 3.63) is 76.2 Å². The molecule has 3 rings (SSSR count). The molecule has 0 aliphatic carbocycles. The van der Waals surface area contributed by atoms with Crippen LogP contribution in [0.15, 0.2) is 59.4 Å². The molecular weight excluding hydrogens is 320 g/mol. The number of benzene rings is 2. The Kier molecular flexibility index (Phi) is 4.84. The summed E-state index contributed by atoms with van der Waals surface area (Å²) in [6.07, 6.45) is 0.812. The third-order valence-electron chi connectivity index (χ3n) is 3.71. The fourth-order valence-electron chi connectivity index (χ4n) is 2.44. The molecule has 0 saturated heterocycles. The number of hydrazine groups is 1. The van der Waals surface area contributed by atoms with Crippen molar-refractivity contribution in [3.8, 4) is 0 Å². The minimum absolute atomic E-state index is 0.0403. The van der Waals surface area contributed by atoms with E-state index in [4.69, 9.17) is 0 Å². The second-order valence-electron chi connectivity index (χ2n) is 5.43. The molecule has 2 aromatic carbocycles. The highest BCUT2D eigenvalue weighted by Crippen LogP contribution is 2.11. The molecule has 7 heteroatoms. The van der Waals surface area contributed by atoms with Crippen molar-refractivity contribution in [1.82, 2.24) is 21.0 Å². The Hall–Kier alpha value is -3.48. The number of aryl methyl sites for hydroxylation is 1. The van der Waals surface area contributed by atoms with Gasteiger partial charge in [-0.05, 0) is 18.1 Å². The van der Waals surface area contributed by atoms with Crippen molar-refractivity contribution >= 4 is 22.6 Å². The number of amides is 2. The lowest BCUT2D eigenvalue weighted by atomic mass is 10.1. The van der Waals surface area contributed by atoms with Gasteiger partial charge in [0.15, 0.2) is 5.69 Å². The summed E-state index contributed by atoms with van der Waals surface area (Å²) in [5, 5.41) is 6.83. The normalized spacial score (nSPS) is 10.4. The maximum atomic E-state index is 12.2. The fourth-order valence-corrected chi connectivity index (χ4v) is 2.44. The van der Waals surface area contributed by atoms with E-state index in [1.54, 1.807) is 24.3 Å². The van der Waals surface area contributed by atoms with Crippen LogP contribution in [-0.4, -0.2) is 22.0 Å². The zero-order valence-corrected chi connectivity index (χ0v) is 13.3. The Labute approximate surface area is 143 Å². The van der Waals surface area contributed by atoms with Crippen LogP contribution in [0.2, 0.25) is 0 Å². The van der Waals surface area contributed by atoms with E-state index in [9.17, 15) is 14.4 Å². The van der Waals surface area contributed by atoms with E-state index < -0.39 is 5.91 Å². The topological polar surface area (TPSA) is 104 Å². The number of carbonyl (C=O) groups is 2. The van der Waals surface area contributed by atoms with Crippen LogP contribution in [-0.2, 0) is 11.2 Å². The smallest absolute Gasteiger partial charge is 0.273 e. The molecule has 0 saturated carbocycles. The summed E-state index contributed by atoms with van der Waals surface area (Å²) >= 11 is 0. The van der Waals surface area contributed by atoms with E-state index in [0.717, 1.165) is 5.56 Å². The first-order valence-corrected chi connectivity index (χ1v) is 7.75. The highest BCUT2D eigenvalue weighted by Gasteiger charge is 2.14. The molecule has 0 atom stereocenters. The number of H-pyrrole nitrogens is 1. The molecule has 0 fully saturated rings. The number of hydrogen-bond donors (Lipinski definition) is 3. The summed E-state index contributed by atoms with van der Waals surface area (Å²) in [5.41, 5.74) is 5.39. The molecule has 0 aliphatic rings. The summed E-state index contributed by atoms with van der Waals surface area (Å²) in [6, 6.07) is 16.2. The van der Waals surface area contributed by atoms with Crippen LogP contribution in [0.1, 0.15) is 22.5 Å². The fraction of sp³-hybridized carbons (Fsp3) is 0.111. The Morgan fingerprint density at radius 2 is 1.60 bits per heavy atom. The SMILES string of the molecule is O=C(CCc1ccccc1)NNC(=O)c1n[nH]c(=O)c2ccccc12. The minimum atomic E-state index is -0.597. The van der Waals surface area contributed by atoms with Crippen LogP contribution in [0.3, 0.4) is 0 Å². The van der Waals surface area contributed by atoms with E-state index in [0.29, 0.717) is 17.2 Å². The Bertz CT molecular complexity index is 967. The Balaban J connectivity index is 1.62.